The summed E-state index contributed by atoms with van der Waals surface area (Å²) >= 11 is 0. The molecule has 2 heterocycles. The van der Waals surface area contributed by atoms with E-state index in [-0.39, 0.29) is 5.91 Å². The van der Waals surface area contributed by atoms with Crippen molar-refractivity contribution >= 4 is 5.91 Å². The summed E-state index contributed by atoms with van der Waals surface area (Å²) in [5.41, 5.74) is 1.77. The molecule has 0 aromatic carbocycles. The van der Waals surface area contributed by atoms with Crippen LogP contribution in [0, 0.1) is 6.92 Å². The maximum atomic E-state index is 12.3. The second-order valence-electron chi connectivity index (χ2n) is 4.40. The second-order valence-corrected chi connectivity index (χ2v) is 4.40. The molecule has 0 spiro atoms. The molecule has 3 nitrogen and oxygen atoms in total. The number of hydrogen-bond donors (Lipinski definition) is 0. The van der Waals surface area contributed by atoms with Gasteiger partial charge in [-0.25, -0.2) is 0 Å². The first-order valence-corrected chi connectivity index (χ1v) is 5.99. The van der Waals surface area contributed by atoms with Gasteiger partial charge in [0.25, 0.3) is 5.91 Å². The van der Waals surface area contributed by atoms with Gasteiger partial charge in [0.1, 0.15) is 0 Å². The molecule has 0 saturated carbocycles. The first-order valence-electron chi connectivity index (χ1n) is 5.99. The summed E-state index contributed by atoms with van der Waals surface area (Å²) in [7, 11) is 0. The monoisotopic (exact) mass is 218 g/mol. The highest BCUT2D eigenvalue weighted by molar-refractivity contribution is 5.95. The van der Waals surface area contributed by atoms with Gasteiger partial charge in [-0.1, -0.05) is 12.8 Å². The minimum Gasteiger partial charge on any atom is -0.339 e. The highest BCUT2D eigenvalue weighted by atomic mass is 16.2. The zero-order chi connectivity index (χ0) is 11.4. The Balaban J connectivity index is 2.14. The number of hydrogen-bond acceptors (Lipinski definition) is 2. The van der Waals surface area contributed by atoms with Crippen molar-refractivity contribution in [1.29, 1.82) is 0 Å². The molecule has 2 rings (SSSR count). The average Bonchev–Trinajstić information content (AvgIpc) is 2.57. The van der Waals surface area contributed by atoms with Crippen LogP contribution in [0.4, 0.5) is 0 Å². The standard InChI is InChI=1S/C13H18N2O/c1-11-10-14-7-6-12(11)13(16)15-8-4-2-3-5-9-15/h6-7,10H,2-5,8-9H2,1H3. The largest absolute Gasteiger partial charge is 0.339 e. The lowest BCUT2D eigenvalue weighted by Gasteiger charge is -2.21. The second kappa shape index (κ2) is 5.10. The van der Waals surface area contributed by atoms with Crippen molar-refractivity contribution in [3.63, 3.8) is 0 Å². The van der Waals surface area contributed by atoms with Crippen molar-refractivity contribution < 1.29 is 4.79 Å². The summed E-state index contributed by atoms with van der Waals surface area (Å²) in [6.07, 6.45) is 8.22. The molecule has 1 fully saturated rings. The first kappa shape index (κ1) is 11.1. The molecule has 1 saturated heterocycles. The van der Waals surface area contributed by atoms with Gasteiger partial charge >= 0.3 is 0 Å². The van der Waals surface area contributed by atoms with Crippen molar-refractivity contribution in [3.05, 3.63) is 29.6 Å². The van der Waals surface area contributed by atoms with Gasteiger partial charge in [-0.2, -0.15) is 0 Å². The molecule has 1 amide bonds. The van der Waals surface area contributed by atoms with E-state index < -0.39 is 0 Å². The van der Waals surface area contributed by atoms with Crippen LogP contribution >= 0.6 is 0 Å². The van der Waals surface area contributed by atoms with Crippen LogP contribution in [0.25, 0.3) is 0 Å². The number of aromatic nitrogens is 1. The molecule has 0 unspecified atom stereocenters. The van der Waals surface area contributed by atoms with Crippen LogP contribution in [0.15, 0.2) is 18.5 Å². The minimum atomic E-state index is 0.168. The molecule has 0 atom stereocenters. The Hall–Kier alpha value is -1.38. The van der Waals surface area contributed by atoms with E-state index in [1.54, 1.807) is 12.4 Å². The van der Waals surface area contributed by atoms with Crippen LogP contribution in [-0.2, 0) is 0 Å². The molecule has 1 aliphatic heterocycles. The summed E-state index contributed by atoms with van der Waals surface area (Å²) in [6, 6.07) is 1.82. The maximum Gasteiger partial charge on any atom is 0.254 e. The lowest BCUT2D eigenvalue weighted by atomic mass is 10.1. The lowest BCUT2D eigenvalue weighted by molar-refractivity contribution is 0.0761. The highest BCUT2D eigenvalue weighted by Gasteiger charge is 2.18. The fourth-order valence-electron chi connectivity index (χ4n) is 2.16. The zero-order valence-electron chi connectivity index (χ0n) is 9.78. The predicted molar refractivity (Wildman–Crippen MR) is 63.3 cm³/mol. The van der Waals surface area contributed by atoms with Crippen LogP contribution < -0.4 is 0 Å². The van der Waals surface area contributed by atoms with Gasteiger partial charge in [0.2, 0.25) is 0 Å². The minimum absolute atomic E-state index is 0.168. The third-order valence-electron chi connectivity index (χ3n) is 3.14. The Labute approximate surface area is 96.5 Å². The van der Waals surface area contributed by atoms with Crippen LogP contribution in [0.5, 0.6) is 0 Å². The van der Waals surface area contributed by atoms with E-state index in [9.17, 15) is 4.79 Å². The van der Waals surface area contributed by atoms with Crippen LogP contribution in [-0.4, -0.2) is 28.9 Å². The smallest absolute Gasteiger partial charge is 0.254 e. The van der Waals surface area contributed by atoms with Gasteiger partial charge < -0.3 is 4.90 Å². The number of carbonyl (C=O) groups is 1. The van der Waals surface area contributed by atoms with E-state index in [1.807, 2.05) is 17.9 Å². The van der Waals surface area contributed by atoms with E-state index >= 15 is 0 Å². The summed E-state index contributed by atoms with van der Waals surface area (Å²) in [4.78, 5) is 18.3. The zero-order valence-corrected chi connectivity index (χ0v) is 9.78. The number of amides is 1. The molecular weight excluding hydrogens is 200 g/mol. The number of pyridine rings is 1. The molecular formula is C13H18N2O. The van der Waals surface area contributed by atoms with Gasteiger partial charge in [0, 0.05) is 31.0 Å². The van der Waals surface area contributed by atoms with Gasteiger partial charge in [0.15, 0.2) is 0 Å². The van der Waals surface area contributed by atoms with Crippen molar-refractivity contribution in [2.24, 2.45) is 0 Å². The van der Waals surface area contributed by atoms with Crippen LogP contribution in [0.2, 0.25) is 0 Å². The maximum absolute atomic E-state index is 12.3. The lowest BCUT2D eigenvalue weighted by Crippen LogP contribution is -2.32. The number of nitrogens with zero attached hydrogens (tertiary/aromatic N) is 2. The van der Waals surface area contributed by atoms with E-state index in [2.05, 4.69) is 4.98 Å². The molecule has 86 valence electrons. The Kier molecular flexibility index (Phi) is 3.54. The molecule has 16 heavy (non-hydrogen) atoms. The predicted octanol–water partition coefficient (Wildman–Crippen LogP) is 2.41. The molecule has 0 bridgehead atoms. The molecule has 1 aliphatic rings. The number of aryl methyl sites for hydroxylation is 1. The molecule has 1 aromatic heterocycles. The summed E-state index contributed by atoms with van der Waals surface area (Å²) in [5.74, 6) is 0.168. The Morgan fingerprint density at radius 1 is 1.25 bits per heavy atom. The Morgan fingerprint density at radius 2 is 1.94 bits per heavy atom. The van der Waals surface area contributed by atoms with Gasteiger partial charge in [-0.3, -0.25) is 9.78 Å². The Bertz CT molecular complexity index is 368. The SMILES string of the molecule is Cc1cnccc1C(=O)N1CCCCCC1. The number of rotatable bonds is 1. The van der Waals surface area contributed by atoms with Crippen LogP contribution in [0.3, 0.4) is 0 Å². The quantitative estimate of drug-likeness (QED) is 0.725. The highest BCUT2D eigenvalue weighted by Crippen LogP contribution is 2.14. The average molecular weight is 218 g/mol. The third-order valence-corrected chi connectivity index (χ3v) is 3.14. The van der Waals surface area contributed by atoms with Crippen molar-refractivity contribution in [3.8, 4) is 0 Å². The van der Waals surface area contributed by atoms with E-state index in [1.165, 1.54) is 12.8 Å². The summed E-state index contributed by atoms with van der Waals surface area (Å²) in [5, 5.41) is 0. The van der Waals surface area contributed by atoms with Gasteiger partial charge in [-0.15, -0.1) is 0 Å². The van der Waals surface area contributed by atoms with Crippen molar-refractivity contribution in [2.75, 3.05) is 13.1 Å². The van der Waals surface area contributed by atoms with Crippen LogP contribution in [0.1, 0.15) is 41.6 Å². The fourth-order valence-corrected chi connectivity index (χ4v) is 2.16. The topological polar surface area (TPSA) is 33.2 Å². The molecule has 1 aromatic rings. The van der Waals surface area contributed by atoms with E-state index in [0.29, 0.717) is 0 Å². The molecule has 0 aliphatic carbocycles. The number of likely N-dealkylation sites (tertiary alicyclic amines) is 1. The van der Waals surface area contributed by atoms with Gasteiger partial charge in [-0.05, 0) is 31.4 Å². The normalized spacial score (nSPS) is 16.9. The fraction of sp³-hybridized carbons (Fsp3) is 0.538. The molecule has 0 radical (unpaired) electrons. The third kappa shape index (κ3) is 2.40. The van der Waals surface area contributed by atoms with Gasteiger partial charge in [0.05, 0.1) is 0 Å². The summed E-state index contributed by atoms with van der Waals surface area (Å²) < 4.78 is 0. The molecule has 3 heteroatoms. The van der Waals surface area contributed by atoms with Crippen molar-refractivity contribution in [1.82, 2.24) is 9.88 Å². The van der Waals surface area contributed by atoms with E-state index in [0.717, 1.165) is 37.1 Å². The van der Waals surface area contributed by atoms with E-state index in [4.69, 9.17) is 0 Å². The van der Waals surface area contributed by atoms with Crippen molar-refractivity contribution in [2.45, 2.75) is 32.6 Å². The summed E-state index contributed by atoms with van der Waals surface area (Å²) in [6.45, 7) is 3.75. The first-order chi connectivity index (χ1) is 7.79. The number of carbonyl (C=O) groups excluding carboxylic acids is 1. The molecule has 0 N–H and O–H groups in total. The Morgan fingerprint density at radius 3 is 2.56 bits per heavy atom.